The topological polar surface area (TPSA) is 29.3 Å². The number of aryl methyl sites for hydroxylation is 1. The minimum absolute atomic E-state index is 0.410. The number of benzene rings is 1. The van der Waals surface area contributed by atoms with E-state index in [0.717, 1.165) is 18.9 Å². The normalized spacial score (nSPS) is 22.3. The highest BCUT2D eigenvalue weighted by Gasteiger charge is 2.27. The average Bonchev–Trinajstić information content (AvgIpc) is 2.89. The van der Waals surface area contributed by atoms with Gasteiger partial charge >= 0.3 is 0 Å². The van der Waals surface area contributed by atoms with Gasteiger partial charge < -0.3 is 5.73 Å². The zero-order valence-electron chi connectivity index (χ0n) is 11.7. The minimum atomic E-state index is 0.410. The molecule has 2 unspecified atom stereocenters. The van der Waals surface area contributed by atoms with Gasteiger partial charge in [0.15, 0.2) is 0 Å². The molecule has 0 aliphatic carbocycles. The van der Waals surface area contributed by atoms with E-state index in [2.05, 4.69) is 43.0 Å². The predicted molar refractivity (Wildman–Crippen MR) is 77.6 cm³/mol. The van der Waals surface area contributed by atoms with E-state index < -0.39 is 0 Å². The fraction of sp³-hybridized carbons (Fsp3) is 0.625. The Balaban J connectivity index is 2.08. The van der Waals surface area contributed by atoms with E-state index >= 15 is 0 Å². The van der Waals surface area contributed by atoms with E-state index in [0.29, 0.717) is 6.04 Å². The van der Waals surface area contributed by atoms with Crippen molar-refractivity contribution in [1.29, 1.82) is 0 Å². The highest BCUT2D eigenvalue weighted by molar-refractivity contribution is 5.25. The lowest BCUT2D eigenvalue weighted by Crippen LogP contribution is -2.32. The standard InChI is InChI=1S/C16H26N2/c1-3-13-5-7-15(8-6-13)16(11-17)18-10-9-14(4-2)12-18/h5-8,14,16H,3-4,9-12,17H2,1-2H3. The summed E-state index contributed by atoms with van der Waals surface area (Å²) < 4.78 is 0. The van der Waals surface area contributed by atoms with E-state index in [4.69, 9.17) is 5.73 Å². The summed E-state index contributed by atoms with van der Waals surface area (Å²) in [6.45, 7) is 7.63. The molecule has 18 heavy (non-hydrogen) atoms. The molecule has 0 radical (unpaired) electrons. The predicted octanol–water partition coefficient (Wildman–Crippen LogP) is 2.98. The Morgan fingerprint density at radius 3 is 2.50 bits per heavy atom. The molecule has 2 N–H and O–H groups in total. The van der Waals surface area contributed by atoms with Crippen LogP contribution in [-0.4, -0.2) is 24.5 Å². The summed E-state index contributed by atoms with van der Waals surface area (Å²) in [5, 5.41) is 0. The van der Waals surface area contributed by atoms with Crippen LogP contribution in [0.5, 0.6) is 0 Å². The second-order valence-corrected chi connectivity index (χ2v) is 5.40. The molecule has 0 aromatic heterocycles. The summed E-state index contributed by atoms with van der Waals surface area (Å²) in [4.78, 5) is 2.56. The highest BCUT2D eigenvalue weighted by Crippen LogP contribution is 2.28. The molecule has 1 aliphatic rings. The minimum Gasteiger partial charge on any atom is -0.329 e. The first-order valence-electron chi connectivity index (χ1n) is 7.31. The molecule has 2 nitrogen and oxygen atoms in total. The highest BCUT2D eigenvalue weighted by atomic mass is 15.2. The second kappa shape index (κ2) is 6.35. The Morgan fingerprint density at radius 1 is 1.28 bits per heavy atom. The first-order valence-corrected chi connectivity index (χ1v) is 7.31. The Bertz CT molecular complexity index is 358. The van der Waals surface area contributed by atoms with Crippen LogP contribution in [-0.2, 0) is 6.42 Å². The van der Waals surface area contributed by atoms with E-state index in [1.807, 2.05) is 0 Å². The van der Waals surface area contributed by atoms with Gasteiger partial charge in [0.05, 0.1) is 0 Å². The van der Waals surface area contributed by atoms with Gasteiger partial charge in [-0.15, -0.1) is 0 Å². The number of hydrogen-bond donors (Lipinski definition) is 1. The maximum atomic E-state index is 6.00. The number of hydrogen-bond acceptors (Lipinski definition) is 2. The molecule has 2 atom stereocenters. The van der Waals surface area contributed by atoms with E-state index in [1.54, 1.807) is 0 Å². The van der Waals surface area contributed by atoms with Crippen LogP contribution in [0.4, 0.5) is 0 Å². The van der Waals surface area contributed by atoms with Crippen molar-refractivity contribution in [3.63, 3.8) is 0 Å². The Hall–Kier alpha value is -0.860. The fourth-order valence-corrected chi connectivity index (χ4v) is 2.95. The molecular formula is C16H26N2. The molecule has 1 fully saturated rings. The van der Waals surface area contributed by atoms with Crippen molar-refractivity contribution < 1.29 is 0 Å². The first-order chi connectivity index (χ1) is 8.78. The van der Waals surface area contributed by atoms with Gasteiger partial charge in [-0.3, -0.25) is 4.90 Å². The number of likely N-dealkylation sites (tertiary alicyclic amines) is 1. The van der Waals surface area contributed by atoms with Crippen LogP contribution in [0.1, 0.15) is 43.9 Å². The van der Waals surface area contributed by atoms with Crippen molar-refractivity contribution in [2.24, 2.45) is 11.7 Å². The molecule has 100 valence electrons. The fourth-order valence-electron chi connectivity index (χ4n) is 2.95. The molecule has 1 aromatic rings. The van der Waals surface area contributed by atoms with Crippen molar-refractivity contribution in [3.05, 3.63) is 35.4 Å². The zero-order chi connectivity index (χ0) is 13.0. The lowest BCUT2D eigenvalue weighted by Gasteiger charge is -2.27. The van der Waals surface area contributed by atoms with E-state index in [-0.39, 0.29) is 0 Å². The summed E-state index contributed by atoms with van der Waals surface area (Å²) in [7, 11) is 0. The molecule has 0 saturated carbocycles. The van der Waals surface area contributed by atoms with Gasteiger partial charge in [-0.25, -0.2) is 0 Å². The summed E-state index contributed by atoms with van der Waals surface area (Å²) in [5.41, 5.74) is 8.79. The summed E-state index contributed by atoms with van der Waals surface area (Å²) in [5.74, 6) is 0.869. The molecule has 0 spiro atoms. The van der Waals surface area contributed by atoms with Crippen LogP contribution in [0, 0.1) is 5.92 Å². The number of nitrogens with zero attached hydrogens (tertiary/aromatic N) is 1. The third kappa shape index (κ3) is 2.93. The van der Waals surface area contributed by atoms with Crippen LogP contribution >= 0.6 is 0 Å². The molecule has 0 bridgehead atoms. The molecule has 2 heteroatoms. The summed E-state index contributed by atoms with van der Waals surface area (Å²) in [6.07, 6.45) is 3.73. The monoisotopic (exact) mass is 246 g/mol. The number of rotatable bonds is 5. The van der Waals surface area contributed by atoms with Crippen LogP contribution in [0.15, 0.2) is 24.3 Å². The largest absolute Gasteiger partial charge is 0.329 e. The lowest BCUT2D eigenvalue weighted by atomic mass is 10.0. The van der Waals surface area contributed by atoms with Crippen molar-refractivity contribution in [2.45, 2.75) is 39.2 Å². The molecule has 1 saturated heterocycles. The van der Waals surface area contributed by atoms with Crippen LogP contribution in [0.25, 0.3) is 0 Å². The van der Waals surface area contributed by atoms with Gasteiger partial charge in [0.25, 0.3) is 0 Å². The van der Waals surface area contributed by atoms with E-state index in [1.165, 1.54) is 37.1 Å². The molecule has 1 aliphatic heterocycles. The van der Waals surface area contributed by atoms with Crippen LogP contribution < -0.4 is 5.73 Å². The SMILES string of the molecule is CCc1ccc(C(CN)N2CCC(CC)C2)cc1. The Kier molecular flexibility index (Phi) is 4.79. The maximum Gasteiger partial charge on any atom is 0.0470 e. The van der Waals surface area contributed by atoms with Gasteiger partial charge in [-0.1, -0.05) is 44.5 Å². The van der Waals surface area contributed by atoms with Crippen molar-refractivity contribution in [2.75, 3.05) is 19.6 Å². The summed E-state index contributed by atoms with van der Waals surface area (Å²) >= 11 is 0. The third-order valence-electron chi connectivity index (χ3n) is 4.33. The quantitative estimate of drug-likeness (QED) is 0.865. The smallest absolute Gasteiger partial charge is 0.0470 e. The van der Waals surface area contributed by atoms with Crippen LogP contribution in [0.2, 0.25) is 0 Å². The van der Waals surface area contributed by atoms with Crippen LogP contribution in [0.3, 0.4) is 0 Å². The first kappa shape index (κ1) is 13.6. The van der Waals surface area contributed by atoms with E-state index in [9.17, 15) is 0 Å². The molecule has 1 heterocycles. The zero-order valence-corrected chi connectivity index (χ0v) is 11.7. The Morgan fingerprint density at radius 2 is 2.00 bits per heavy atom. The van der Waals surface area contributed by atoms with Gasteiger partial charge in [0, 0.05) is 19.1 Å². The van der Waals surface area contributed by atoms with Crippen molar-refractivity contribution in [1.82, 2.24) is 4.90 Å². The molecule has 1 aromatic carbocycles. The molecule has 2 rings (SSSR count). The van der Waals surface area contributed by atoms with Gasteiger partial charge in [0.2, 0.25) is 0 Å². The van der Waals surface area contributed by atoms with Crippen molar-refractivity contribution in [3.8, 4) is 0 Å². The number of nitrogens with two attached hydrogens (primary N) is 1. The molecule has 0 amide bonds. The Labute approximate surface area is 111 Å². The van der Waals surface area contributed by atoms with Gasteiger partial charge in [0.1, 0.15) is 0 Å². The van der Waals surface area contributed by atoms with Gasteiger partial charge in [-0.2, -0.15) is 0 Å². The third-order valence-corrected chi connectivity index (χ3v) is 4.33. The summed E-state index contributed by atoms with van der Waals surface area (Å²) in [6, 6.07) is 9.41. The average molecular weight is 246 g/mol. The molecular weight excluding hydrogens is 220 g/mol. The lowest BCUT2D eigenvalue weighted by molar-refractivity contribution is 0.241. The van der Waals surface area contributed by atoms with Crippen molar-refractivity contribution >= 4 is 0 Å². The maximum absolute atomic E-state index is 6.00. The van der Waals surface area contributed by atoms with Gasteiger partial charge in [-0.05, 0) is 36.4 Å². The second-order valence-electron chi connectivity index (χ2n) is 5.40.